The Balaban J connectivity index is 2.29. The van der Waals surface area contributed by atoms with Crippen LogP contribution in [0.4, 0.5) is 10.1 Å². The van der Waals surface area contributed by atoms with Crippen molar-refractivity contribution in [2.45, 2.75) is 0 Å². The Hall–Kier alpha value is -1.47. The molecule has 0 saturated heterocycles. The SMILES string of the molecule is O=[N+]([O-])c1ccc(Oc2c(Br)cc(F)cc2Br)cc1. The molecule has 0 aliphatic carbocycles. The first-order chi connectivity index (χ1) is 8.97. The van der Waals surface area contributed by atoms with Crippen LogP contribution >= 0.6 is 31.9 Å². The Morgan fingerprint density at radius 2 is 1.63 bits per heavy atom. The van der Waals surface area contributed by atoms with E-state index in [1.54, 1.807) is 0 Å². The minimum absolute atomic E-state index is 0.0235. The predicted molar refractivity (Wildman–Crippen MR) is 75.0 cm³/mol. The topological polar surface area (TPSA) is 52.4 Å². The zero-order valence-electron chi connectivity index (χ0n) is 9.27. The maximum atomic E-state index is 13.1. The average Bonchev–Trinajstić information content (AvgIpc) is 2.34. The van der Waals surface area contributed by atoms with Gasteiger partial charge in [-0.15, -0.1) is 0 Å². The van der Waals surface area contributed by atoms with Gasteiger partial charge in [-0.1, -0.05) is 0 Å². The number of benzene rings is 2. The number of hydrogen-bond acceptors (Lipinski definition) is 3. The third-order valence-electron chi connectivity index (χ3n) is 2.23. The second-order valence-corrected chi connectivity index (χ2v) is 5.26. The van der Waals surface area contributed by atoms with Gasteiger partial charge in [0.15, 0.2) is 5.75 Å². The van der Waals surface area contributed by atoms with Crippen LogP contribution in [0.2, 0.25) is 0 Å². The van der Waals surface area contributed by atoms with Crippen molar-refractivity contribution in [3.8, 4) is 11.5 Å². The fraction of sp³-hybridized carbons (Fsp3) is 0. The second kappa shape index (κ2) is 5.66. The summed E-state index contributed by atoms with van der Waals surface area (Å²) in [6.07, 6.45) is 0. The van der Waals surface area contributed by atoms with E-state index in [2.05, 4.69) is 31.9 Å². The molecule has 0 radical (unpaired) electrons. The highest BCUT2D eigenvalue weighted by atomic mass is 79.9. The highest BCUT2D eigenvalue weighted by Crippen LogP contribution is 2.37. The average molecular weight is 391 g/mol. The molecule has 0 N–H and O–H groups in total. The smallest absolute Gasteiger partial charge is 0.269 e. The van der Waals surface area contributed by atoms with E-state index in [9.17, 15) is 14.5 Å². The van der Waals surface area contributed by atoms with Crippen LogP contribution in [0.1, 0.15) is 0 Å². The van der Waals surface area contributed by atoms with E-state index in [1.807, 2.05) is 0 Å². The molecule has 7 heteroatoms. The lowest BCUT2D eigenvalue weighted by atomic mass is 10.3. The first-order valence-corrected chi connectivity index (χ1v) is 6.63. The van der Waals surface area contributed by atoms with Crippen molar-refractivity contribution in [3.05, 3.63) is 61.3 Å². The molecule has 0 aliphatic heterocycles. The van der Waals surface area contributed by atoms with E-state index < -0.39 is 10.7 Å². The predicted octanol–water partition coefficient (Wildman–Crippen LogP) is 5.05. The Kier molecular flexibility index (Phi) is 4.16. The molecular formula is C12H6Br2FNO3. The van der Waals surface area contributed by atoms with Crippen molar-refractivity contribution in [3.63, 3.8) is 0 Å². The largest absolute Gasteiger partial charge is 0.455 e. The third kappa shape index (κ3) is 3.30. The Labute approximate surface area is 124 Å². The maximum absolute atomic E-state index is 13.1. The molecule has 0 saturated carbocycles. The molecule has 0 heterocycles. The van der Waals surface area contributed by atoms with Crippen molar-refractivity contribution < 1.29 is 14.1 Å². The molecule has 0 unspecified atom stereocenters. The van der Waals surface area contributed by atoms with E-state index in [0.717, 1.165) is 0 Å². The lowest BCUT2D eigenvalue weighted by Crippen LogP contribution is -1.90. The van der Waals surface area contributed by atoms with Crippen LogP contribution in [0.15, 0.2) is 45.3 Å². The van der Waals surface area contributed by atoms with E-state index in [1.165, 1.54) is 36.4 Å². The van der Waals surface area contributed by atoms with E-state index in [-0.39, 0.29) is 5.69 Å². The number of ether oxygens (including phenoxy) is 1. The molecule has 0 spiro atoms. The summed E-state index contributed by atoms with van der Waals surface area (Å²) in [5.41, 5.74) is -0.0235. The van der Waals surface area contributed by atoms with Gasteiger partial charge in [0.1, 0.15) is 11.6 Å². The molecule has 19 heavy (non-hydrogen) atoms. The van der Waals surface area contributed by atoms with Gasteiger partial charge in [-0.05, 0) is 56.1 Å². The standard InChI is InChI=1S/C12H6Br2FNO3/c13-10-5-7(15)6-11(14)12(10)19-9-3-1-8(2-4-9)16(17)18/h1-6H. The summed E-state index contributed by atoms with van der Waals surface area (Å²) < 4.78 is 19.5. The molecule has 98 valence electrons. The molecule has 4 nitrogen and oxygen atoms in total. The van der Waals surface area contributed by atoms with Crippen LogP contribution in [0, 0.1) is 15.9 Å². The van der Waals surface area contributed by atoms with Gasteiger partial charge >= 0.3 is 0 Å². The van der Waals surface area contributed by atoms with Gasteiger partial charge in [-0.3, -0.25) is 10.1 Å². The molecule has 2 aromatic carbocycles. The summed E-state index contributed by atoms with van der Waals surface area (Å²) in [5, 5.41) is 10.5. The molecule has 0 fully saturated rings. The lowest BCUT2D eigenvalue weighted by molar-refractivity contribution is -0.384. The van der Waals surface area contributed by atoms with E-state index in [0.29, 0.717) is 20.4 Å². The summed E-state index contributed by atoms with van der Waals surface area (Å²) in [4.78, 5) is 10.0. The molecule has 2 rings (SSSR count). The Morgan fingerprint density at radius 1 is 1.11 bits per heavy atom. The van der Waals surface area contributed by atoms with Crippen LogP contribution in [-0.4, -0.2) is 4.92 Å². The number of rotatable bonds is 3. The molecular weight excluding hydrogens is 385 g/mol. The number of nitro benzene ring substituents is 1. The zero-order valence-corrected chi connectivity index (χ0v) is 12.4. The maximum Gasteiger partial charge on any atom is 0.269 e. The summed E-state index contributed by atoms with van der Waals surface area (Å²) in [7, 11) is 0. The fourth-order valence-corrected chi connectivity index (χ4v) is 2.67. The molecule has 2 aromatic rings. The lowest BCUT2D eigenvalue weighted by Gasteiger charge is -2.09. The molecule has 0 atom stereocenters. The number of nitrogens with zero attached hydrogens (tertiary/aromatic N) is 1. The van der Waals surface area contributed by atoms with Gasteiger partial charge < -0.3 is 4.74 Å². The quantitative estimate of drug-likeness (QED) is 0.544. The molecule has 0 aliphatic rings. The van der Waals surface area contributed by atoms with Crippen molar-refractivity contribution in [2.75, 3.05) is 0 Å². The number of hydrogen-bond donors (Lipinski definition) is 0. The molecule has 0 aromatic heterocycles. The number of nitro groups is 1. The summed E-state index contributed by atoms with van der Waals surface area (Å²) in [5.74, 6) is 0.406. The zero-order chi connectivity index (χ0) is 14.0. The monoisotopic (exact) mass is 389 g/mol. The van der Waals surface area contributed by atoms with Crippen LogP contribution in [0.25, 0.3) is 0 Å². The van der Waals surface area contributed by atoms with Crippen LogP contribution < -0.4 is 4.74 Å². The summed E-state index contributed by atoms with van der Waals surface area (Å²) in [6.45, 7) is 0. The van der Waals surface area contributed by atoms with Crippen LogP contribution in [0.3, 0.4) is 0 Å². The van der Waals surface area contributed by atoms with Gasteiger partial charge in [0, 0.05) is 12.1 Å². The van der Waals surface area contributed by atoms with Crippen molar-refractivity contribution in [1.82, 2.24) is 0 Å². The fourth-order valence-electron chi connectivity index (χ4n) is 1.38. The van der Waals surface area contributed by atoms with Crippen molar-refractivity contribution in [2.24, 2.45) is 0 Å². The van der Waals surface area contributed by atoms with E-state index in [4.69, 9.17) is 4.74 Å². The number of non-ortho nitro benzene ring substituents is 1. The van der Waals surface area contributed by atoms with Gasteiger partial charge in [-0.2, -0.15) is 0 Å². The van der Waals surface area contributed by atoms with Crippen molar-refractivity contribution in [1.29, 1.82) is 0 Å². The molecule has 0 amide bonds. The van der Waals surface area contributed by atoms with Gasteiger partial charge in [0.2, 0.25) is 0 Å². The van der Waals surface area contributed by atoms with Crippen LogP contribution in [-0.2, 0) is 0 Å². The van der Waals surface area contributed by atoms with Gasteiger partial charge in [-0.25, -0.2) is 4.39 Å². The first-order valence-electron chi connectivity index (χ1n) is 5.04. The first kappa shape index (κ1) is 14.0. The minimum atomic E-state index is -0.493. The third-order valence-corrected chi connectivity index (χ3v) is 3.41. The number of halogens is 3. The minimum Gasteiger partial charge on any atom is -0.455 e. The second-order valence-electron chi connectivity index (χ2n) is 3.55. The van der Waals surface area contributed by atoms with Gasteiger partial charge in [0.25, 0.3) is 5.69 Å². The normalized spacial score (nSPS) is 10.3. The van der Waals surface area contributed by atoms with Crippen molar-refractivity contribution >= 4 is 37.5 Å². The highest BCUT2D eigenvalue weighted by Gasteiger charge is 2.11. The van der Waals surface area contributed by atoms with Crippen LogP contribution in [0.5, 0.6) is 11.5 Å². The Bertz CT molecular complexity index is 608. The highest BCUT2D eigenvalue weighted by molar-refractivity contribution is 9.11. The summed E-state index contributed by atoms with van der Waals surface area (Å²) in [6, 6.07) is 8.15. The van der Waals surface area contributed by atoms with Gasteiger partial charge in [0.05, 0.1) is 13.9 Å². The molecule has 0 bridgehead atoms. The van der Waals surface area contributed by atoms with E-state index >= 15 is 0 Å². The Morgan fingerprint density at radius 3 is 2.11 bits per heavy atom. The summed E-state index contributed by atoms with van der Waals surface area (Å²) >= 11 is 6.38.